The maximum absolute atomic E-state index is 10.9. The molecule has 26 heavy (non-hydrogen) atoms. The summed E-state index contributed by atoms with van der Waals surface area (Å²) in [6, 6.07) is 13.5. The maximum Gasteiger partial charge on any atom is 0.282 e. The van der Waals surface area contributed by atoms with Crippen molar-refractivity contribution in [3.05, 3.63) is 83.6 Å². The zero-order valence-corrected chi connectivity index (χ0v) is 18.3. The molecule has 0 amide bonds. The van der Waals surface area contributed by atoms with Crippen LogP contribution < -0.4 is 0 Å². The van der Waals surface area contributed by atoms with Gasteiger partial charge >= 0.3 is 0 Å². The molecule has 0 aliphatic rings. The van der Waals surface area contributed by atoms with Gasteiger partial charge in [-0.25, -0.2) is 0 Å². The van der Waals surface area contributed by atoms with E-state index in [1.54, 1.807) is 30.3 Å². The zero-order valence-electron chi connectivity index (χ0n) is 15.1. The number of halogens is 1. The van der Waals surface area contributed by atoms with Gasteiger partial charge in [0.2, 0.25) is 0 Å². The summed E-state index contributed by atoms with van der Waals surface area (Å²) in [6.45, 7) is 8.59. The molecule has 0 aliphatic heterocycles. The molecule has 2 rings (SSSR count). The van der Waals surface area contributed by atoms with Crippen LogP contribution >= 0.6 is 22.6 Å². The van der Waals surface area contributed by atoms with Gasteiger partial charge in [0.1, 0.15) is 0 Å². The molecule has 0 fully saturated rings. The van der Waals surface area contributed by atoms with Crippen molar-refractivity contribution >= 4 is 47.6 Å². The number of nitro groups is 2. The number of hydrogen-bond acceptors (Lipinski definition) is 4. The Bertz CT molecular complexity index is 832. The summed E-state index contributed by atoms with van der Waals surface area (Å²) in [5.74, 6) is 0. The molecule has 138 valence electrons. The van der Waals surface area contributed by atoms with Crippen LogP contribution in [0, 0.1) is 23.8 Å². The van der Waals surface area contributed by atoms with Gasteiger partial charge in [0.05, 0.1) is 27.1 Å². The van der Waals surface area contributed by atoms with E-state index in [1.807, 2.05) is 41.6 Å². The van der Waals surface area contributed by atoms with Crippen molar-refractivity contribution in [3.8, 4) is 0 Å². The van der Waals surface area contributed by atoms with Gasteiger partial charge < -0.3 is 0 Å². The van der Waals surface area contributed by atoms with E-state index in [4.69, 9.17) is 0 Å². The number of nitro benzene ring substituents is 2. The van der Waals surface area contributed by atoms with E-state index < -0.39 is 8.07 Å². The molecule has 6 nitrogen and oxygen atoms in total. The highest BCUT2D eigenvalue weighted by Gasteiger charge is 2.16. The third-order valence-corrected chi connectivity index (χ3v) is 5.44. The molecule has 0 spiro atoms. The summed E-state index contributed by atoms with van der Waals surface area (Å²) >= 11 is 1.93. The second-order valence-electron chi connectivity index (χ2n) is 6.68. The summed E-state index contributed by atoms with van der Waals surface area (Å²) in [6.07, 6.45) is 0. The average Bonchev–Trinajstić information content (AvgIpc) is 2.54. The van der Waals surface area contributed by atoms with Crippen molar-refractivity contribution < 1.29 is 9.85 Å². The first-order chi connectivity index (χ1) is 12.0. The minimum Gasteiger partial charge on any atom is -0.258 e. The van der Waals surface area contributed by atoms with Gasteiger partial charge in [-0.1, -0.05) is 49.6 Å². The fourth-order valence-electron chi connectivity index (χ4n) is 2.29. The third kappa shape index (κ3) is 7.04. The molecule has 0 bridgehead atoms. The molecule has 0 saturated carbocycles. The smallest absolute Gasteiger partial charge is 0.258 e. The summed E-state index contributed by atoms with van der Waals surface area (Å²) in [5.41, 5.74) is 4.29. The Morgan fingerprint density at radius 2 is 1.38 bits per heavy atom. The van der Waals surface area contributed by atoms with Gasteiger partial charge in [0, 0.05) is 12.1 Å². The van der Waals surface area contributed by atoms with Crippen molar-refractivity contribution in [2.45, 2.75) is 26.6 Å². The number of para-hydroxylation sites is 2. The van der Waals surface area contributed by atoms with Gasteiger partial charge in [-0.05, 0) is 47.2 Å². The van der Waals surface area contributed by atoms with Crippen LogP contribution in [0.25, 0.3) is 5.57 Å². The number of nitrogens with zero attached hydrogens (tertiary/aromatic N) is 2. The quantitative estimate of drug-likeness (QED) is 0.228. The average molecular weight is 484 g/mol. The van der Waals surface area contributed by atoms with E-state index in [2.05, 4.69) is 25.3 Å². The Morgan fingerprint density at radius 1 is 0.923 bits per heavy atom. The Morgan fingerprint density at radius 3 is 1.81 bits per heavy atom. The molecular formula is C18H21IN2O4Si. The van der Waals surface area contributed by atoms with Crippen LogP contribution in [0.1, 0.15) is 12.5 Å². The summed E-state index contributed by atoms with van der Waals surface area (Å²) in [7, 11) is -1.35. The van der Waals surface area contributed by atoms with Gasteiger partial charge in [-0.3, -0.25) is 20.2 Å². The minimum absolute atomic E-state index is 0.170. The SMILES string of the molecule is CC(=C[Si](C)(C)C)c1ccccc1[N+](=O)[O-].O=[N+]([O-])c1ccccc1I. The molecule has 0 heterocycles. The second-order valence-corrected chi connectivity index (χ2v) is 12.9. The molecule has 0 unspecified atom stereocenters. The van der Waals surface area contributed by atoms with Crippen LogP contribution in [0.4, 0.5) is 11.4 Å². The molecular weight excluding hydrogens is 463 g/mol. The number of hydrogen-bond donors (Lipinski definition) is 0. The molecule has 0 atom stereocenters. The lowest BCUT2D eigenvalue weighted by molar-refractivity contribution is -0.385. The molecule has 0 aromatic heterocycles. The molecule has 8 heteroatoms. The second kappa shape index (κ2) is 9.58. The number of allylic oxidation sites excluding steroid dienone is 1. The largest absolute Gasteiger partial charge is 0.282 e. The van der Waals surface area contributed by atoms with Crippen LogP contribution in [0.15, 0.2) is 54.2 Å². The van der Waals surface area contributed by atoms with Gasteiger partial charge in [0.25, 0.3) is 11.4 Å². The lowest BCUT2D eigenvalue weighted by atomic mass is 10.1. The predicted molar refractivity (Wildman–Crippen MR) is 116 cm³/mol. The van der Waals surface area contributed by atoms with Crippen molar-refractivity contribution in [3.63, 3.8) is 0 Å². The summed E-state index contributed by atoms with van der Waals surface area (Å²) in [5, 5.41) is 21.1. The highest BCUT2D eigenvalue weighted by Crippen LogP contribution is 2.26. The van der Waals surface area contributed by atoms with Crippen LogP contribution in [0.5, 0.6) is 0 Å². The first-order valence-electron chi connectivity index (χ1n) is 7.85. The van der Waals surface area contributed by atoms with Crippen molar-refractivity contribution in [2.24, 2.45) is 0 Å². The number of benzene rings is 2. The minimum atomic E-state index is -1.35. The molecule has 2 aromatic carbocycles. The van der Waals surface area contributed by atoms with Crippen LogP contribution in [0.2, 0.25) is 19.6 Å². The van der Waals surface area contributed by atoms with Crippen LogP contribution in [-0.2, 0) is 0 Å². The monoisotopic (exact) mass is 484 g/mol. The summed E-state index contributed by atoms with van der Waals surface area (Å²) < 4.78 is 0.671. The van der Waals surface area contributed by atoms with Crippen LogP contribution in [0.3, 0.4) is 0 Å². The van der Waals surface area contributed by atoms with E-state index in [1.165, 1.54) is 6.07 Å². The zero-order chi connectivity index (χ0) is 19.9. The maximum atomic E-state index is 10.9. The van der Waals surface area contributed by atoms with Gasteiger partial charge in [-0.15, -0.1) is 0 Å². The third-order valence-electron chi connectivity index (χ3n) is 3.22. The fraction of sp³-hybridized carbons (Fsp3) is 0.222. The van der Waals surface area contributed by atoms with E-state index in [9.17, 15) is 20.2 Å². The lowest BCUT2D eigenvalue weighted by Crippen LogP contribution is -2.16. The number of rotatable bonds is 4. The van der Waals surface area contributed by atoms with E-state index >= 15 is 0 Å². The van der Waals surface area contributed by atoms with Crippen molar-refractivity contribution in [2.75, 3.05) is 0 Å². The van der Waals surface area contributed by atoms with E-state index in [0.717, 1.165) is 11.1 Å². The highest BCUT2D eigenvalue weighted by atomic mass is 127. The standard InChI is InChI=1S/C12H17NO2Si.C6H4INO2/c1-10(9-16(2,3)4)11-7-5-6-8-12(11)13(14)15;7-5-3-1-2-4-6(5)8(9)10/h5-9H,1-4H3;1-4H. The van der Waals surface area contributed by atoms with Gasteiger partial charge in [-0.2, -0.15) is 0 Å². The molecule has 0 N–H and O–H groups in total. The Hall–Kier alpha value is -2.07. The predicted octanol–water partition coefficient (Wildman–Crippen LogP) is 6.07. The Labute approximate surface area is 167 Å². The first kappa shape index (κ1) is 22.0. The normalized spacial score (nSPS) is 11.3. The topological polar surface area (TPSA) is 86.3 Å². The van der Waals surface area contributed by atoms with Gasteiger partial charge in [0.15, 0.2) is 0 Å². The highest BCUT2D eigenvalue weighted by molar-refractivity contribution is 14.1. The molecule has 2 aromatic rings. The fourth-order valence-corrected chi connectivity index (χ4v) is 4.33. The molecule has 0 saturated heterocycles. The van der Waals surface area contributed by atoms with E-state index in [-0.39, 0.29) is 21.2 Å². The van der Waals surface area contributed by atoms with Crippen molar-refractivity contribution in [1.82, 2.24) is 0 Å². The van der Waals surface area contributed by atoms with E-state index in [0.29, 0.717) is 3.57 Å². The van der Waals surface area contributed by atoms with Crippen LogP contribution in [-0.4, -0.2) is 17.9 Å². The first-order valence-corrected chi connectivity index (χ1v) is 12.5. The molecule has 0 aliphatic carbocycles. The molecule has 0 radical (unpaired) electrons. The summed E-state index contributed by atoms with van der Waals surface area (Å²) in [4.78, 5) is 20.4. The van der Waals surface area contributed by atoms with Crippen molar-refractivity contribution in [1.29, 1.82) is 0 Å². The lowest BCUT2D eigenvalue weighted by Gasteiger charge is -2.12. The Kier molecular flexibility index (Phi) is 8.09. The Balaban J connectivity index is 0.000000289.